The Morgan fingerprint density at radius 3 is 2.31 bits per heavy atom. The van der Waals surface area contributed by atoms with Gasteiger partial charge >= 0.3 is 0 Å². The third-order valence-electron chi connectivity index (χ3n) is 4.74. The van der Waals surface area contributed by atoms with E-state index < -0.39 is 11.9 Å². The number of Topliss-reactive ketones (excluding diaryl/α,β-unsaturated/α-hetero) is 2. The molecular formula is C22H34O4. The highest BCUT2D eigenvalue weighted by atomic mass is 16.3. The number of hydrogen-bond acceptors (Lipinski definition) is 4. The number of carbonyl (C=O) groups is 2. The fraction of sp³-hybridized carbons (Fsp3) is 0.636. The van der Waals surface area contributed by atoms with Gasteiger partial charge in [-0.15, -0.1) is 0 Å². The predicted molar refractivity (Wildman–Crippen MR) is 105 cm³/mol. The molecule has 4 nitrogen and oxygen atoms in total. The van der Waals surface area contributed by atoms with Crippen molar-refractivity contribution in [1.82, 2.24) is 0 Å². The number of aliphatic hydroxyl groups is 2. The van der Waals surface area contributed by atoms with Crippen molar-refractivity contribution in [2.75, 3.05) is 0 Å². The molecule has 4 heteroatoms. The van der Waals surface area contributed by atoms with E-state index in [9.17, 15) is 19.8 Å². The lowest BCUT2D eigenvalue weighted by molar-refractivity contribution is -0.123. The van der Waals surface area contributed by atoms with Crippen LogP contribution in [0.1, 0.15) is 84.0 Å². The van der Waals surface area contributed by atoms with Crippen LogP contribution in [-0.2, 0) is 9.59 Å². The van der Waals surface area contributed by atoms with Gasteiger partial charge in [0.15, 0.2) is 11.6 Å². The summed E-state index contributed by atoms with van der Waals surface area (Å²) in [6.07, 6.45) is 18.0. The Morgan fingerprint density at radius 1 is 1.04 bits per heavy atom. The van der Waals surface area contributed by atoms with Gasteiger partial charge in [0, 0.05) is 12.8 Å². The van der Waals surface area contributed by atoms with Crippen LogP contribution in [0.5, 0.6) is 0 Å². The molecule has 0 fully saturated rings. The van der Waals surface area contributed by atoms with E-state index in [1.165, 1.54) is 32.1 Å². The summed E-state index contributed by atoms with van der Waals surface area (Å²) in [4.78, 5) is 23.9. The van der Waals surface area contributed by atoms with Crippen molar-refractivity contribution in [1.29, 1.82) is 0 Å². The van der Waals surface area contributed by atoms with Gasteiger partial charge in [0.25, 0.3) is 0 Å². The Hall–Kier alpha value is -1.68. The predicted octanol–water partition coefficient (Wildman–Crippen LogP) is 5.12. The summed E-state index contributed by atoms with van der Waals surface area (Å²) in [5.41, 5.74) is -0.160. The molecule has 0 aromatic heterocycles. The molecule has 1 aliphatic rings. The van der Waals surface area contributed by atoms with E-state index in [0.717, 1.165) is 25.7 Å². The van der Waals surface area contributed by atoms with Gasteiger partial charge in [-0.1, -0.05) is 62.8 Å². The Balaban J connectivity index is 2.04. The van der Waals surface area contributed by atoms with Gasteiger partial charge in [0.1, 0.15) is 17.4 Å². The van der Waals surface area contributed by atoms with Crippen LogP contribution in [0.2, 0.25) is 0 Å². The summed E-state index contributed by atoms with van der Waals surface area (Å²) in [5, 5.41) is 19.3. The molecular weight excluding hydrogens is 328 g/mol. The number of hydrogen-bond donors (Lipinski definition) is 2. The first-order chi connectivity index (χ1) is 12.6. The normalized spacial score (nSPS) is 18.4. The number of allylic oxidation sites excluding steroid dienone is 5. The molecule has 0 unspecified atom stereocenters. The van der Waals surface area contributed by atoms with E-state index in [0.29, 0.717) is 0 Å². The Bertz CT molecular complexity index is 528. The number of rotatable bonds is 13. The summed E-state index contributed by atoms with van der Waals surface area (Å²) in [7, 11) is 0. The molecule has 0 aromatic carbocycles. The van der Waals surface area contributed by atoms with Crippen LogP contribution in [0, 0.1) is 0 Å². The molecule has 0 bridgehead atoms. The van der Waals surface area contributed by atoms with Crippen LogP contribution in [0.4, 0.5) is 0 Å². The van der Waals surface area contributed by atoms with Crippen molar-refractivity contribution < 1.29 is 19.8 Å². The molecule has 0 amide bonds. The zero-order valence-corrected chi connectivity index (χ0v) is 16.1. The fourth-order valence-corrected chi connectivity index (χ4v) is 3.16. The molecule has 0 heterocycles. The molecule has 0 radical (unpaired) electrons. The standard InChI is InChI=1S/C22H34O4/c1-2-3-4-5-6-7-8-9-10-11-12-13-14-15-18(23)21-19(24)16-17-20(25)22(21)26/h2-5,20,25-26H,6-17H2,1H3/b3-2+,5-4-/t20-/m0/s1. The van der Waals surface area contributed by atoms with Gasteiger partial charge in [0.2, 0.25) is 0 Å². The summed E-state index contributed by atoms with van der Waals surface area (Å²) in [6, 6.07) is 0. The molecule has 1 rings (SSSR count). The van der Waals surface area contributed by atoms with Gasteiger partial charge in [-0.25, -0.2) is 0 Å². The van der Waals surface area contributed by atoms with Crippen molar-refractivity contribution in [3.8, 4) is 0 Å². The largest absolute Gasteiger partial charge is 0.509 e. The number of ketones is 2. The minimum Gasteiger partial charge on any atom is -0.509 e. The van der Waals surface area contributed by atoms with Crippen molar-refractivity contribution in [2.45, 2.75) is 90.1 Å². The van der Waals surface area contributed by atoms with E-state index in [4.69, 9.17) is 0 Å². The Labute approximate surface area is 157 Å². The molecule has 0 aliphatic heterocycles. The number of carbonyl (C=O) groups excluding carboxylic acids is 2. The highest BCUT2D eigenvalue weighted by Gasteiger charge is 2.30. The lowest BCUT2D eigenvalue weighted by atomic mass is 9.89. The van der Waals surface area contributed by atoms with Crippen LogP contribution >= 0.6 is 0 Å². The summed E-state index contributed by atoms with van der Waals surface area (Å²) in [5.74, 6) is -1.08. The van der Waals surface area contributed by atoms with Crippen LogP contribution in [0.3, 0.4) is 0 Å². The molecule has 0 saturated carbocycles. The van der Waals surface area contributed by atoms with E-state index in [-0.39, 0.29) is 36.4 Å². The quantitative estimate of drug-likeness (QED) is 0.271. The van der Waals surface area contributed by atoms with Crippen molar-refractivity contribution in [3.05, 3.63) is 35.6 Å². The van der Waals surface area contributed by atoms with Crippen molar-refractivity contribution >= 4 is 11.6 Å². The Kier molecular flexibility index (Phi) is 11.6. The SMILES string of the molecule is C/C=C/C=C\CCCCCCCCCCC(=O)C1=C(O)[C@@H](O)CCC1=O. The maximum Gasteiger partial charge on any atom is 0.170 e. The van der Waals surface area contributed by atoms with Crippen LogP contribution in [0.25, 0.3) is 0 Å². The monoisotopic (exact) mass is 362 g/mol. The van der Waals surface area contributed by atoms with Crippen molar-refractivity contribution in [3.63, 3.8) is 0 Å². The molecule has 0 saturated heterocycles. The Morgan fingerprint density at radius 2 is 1.65 bits per heavy atom. The lowest BCUT2D eigenvalue weighted by Gasteiger charge is -2.18. The second-order valence-corrected chi connectivity index (χ2v) is 6.98. The van der Waals surface area contributed by atoms with E-state index >= 15 is 0 Å². The van der Waals surface area contributed by atoms with Crippen LogP contribution < -0.4 is 0 Å². The first-order valence-electron chi connectivity index (χ1n) is 10.0. The van der Waals surface area contributed by atoms with Gasteiger partial charge in [-0.05, 0) is 32.6 Å². The van der Waals surface area contributed by atoms with E-state index in [1.807, 2.05) is 13.0 Å². The summed E-state index contributed by atoms with van der Waals surface area (Å²) >= 11 is 0. The number of aliphatic hydroxyl groups excluding tert-OH is 2. The van der Waals surface area contributed by atoms with Gasteiger partial charge < -0.3 is 10.2 Å². The molecule has 0 spiro atoms. The first kappa shape index (κ1) is 22.4. The molecule has 2 N–H and O–H groups in total. The average Bonchev–Trinajstić information content (AvgIpc) is 2.62. The van der Waals surface area contributed by atoms with E-state index in [1.54, 1.807) is 0 Å². The third kappa shape index (κ3) is 8.61. The smallest absolute Gasteiger partial charge is 0.170 e. The summed E-state index contributed by atoms with van der Waals surface area (Å²) < 4.78 is 0. The van der Waals surface area contributed by atoms with E-state index in [2.05, 4.69) is 18.2 Å². The zero-order valence-electron chi connectivity index (χ0n) is 16.1. The molecule has 146 valence electrons. The topological polar surface area (TPSA) is 74.6 Å². The third-order valence-corrected chi connectivity index (χ3v) is 4.74. The van der Waals surface area contributed by atoms with Crippen LogP contribution in [-0.4, -0.2) is 27.9 Å². The second-order valence-electron chi connectivity index (χ2n) is 6.98. The lowest BCUT2D eigenvalue weighted by Crippen LogP contribution is -2.27. The fourth-order valence-electron chi connectivity index (χ4n) is 3.16. The first-order valence-corrected chi connectivity index (χ1v) is 10.0. The second kappa shape index (κ2) is 13.5. The minimum absolute atomic E-state index is 0.136. The highest BCUT2D eigenvalue weighted by Crippen LogP contribution is 2.23. The van der Waals surface area contributed by atoms with Crippen LogP contribution in [0.15, 0.2) is 35.6 Å². The summed E-state index contributed by atoms with van der Waals surface area (Å²) in [6.45, 7) is 2.02. The van der Waals surface area contributed by atoms with Gasteiger partial charge in [-0.3, -0.25) is 9.59 Å². The zero-order chi connectivity index (χ0) is 19.2. The molecule has 1 atom stereocenters. The maximum absolute atomic E-state index is 12.1. The highest BCUT2D eigenvalue weighted by molar-refractivity contribution is 6.21. The average molecular weight is 363 g/mol. The molecule has 1 aliphatic carbocycles. The number of unbranched alkanes of at least 4 members (excludes halogenated alkanes) is 8. The van der Waals surface area contributed by atoms with Crippen molar-refractivity contribution in [2.24, 2.45) is 0 Å². The van der Waals surface area contributed by atoms with Gasteiger partial charge in [0.05, 0.1) is 0 Å². The minimum atomic E-state index is -1.06. The van der Waals surface area contributed by atoms with Gasteiger partial charge in [-0.2, -0.15) is 0 Å². The maximum atomic E-state index is 12.1. The molecule has 26 heavy (non-hydrogen) atoms. The molecule has 0 aromatic rings.